The minimum atomic E-state index is -0.265. The lowest BCUT2D eigenvalue weighted by Crippen LogP contribution is -1.90. The van der Waals surface area contributed by atoms with Crippen LogP contribution in [0.1, 0.15) is 5.56 Å². The average Bonchev–Trinajstić information content (AvgIpc) is 2.30. The molecule has 1 aromatic heterocycles. The van der Waals surface area contributed by atoms with Gasteiger partial charge < -0.3 is 5.11 Å². The van der Waals surface area contributed by atoms with E-state index in [1.165, 1.54) is 12.1 Å². The first-order valence-electron chi connectivity index (χ1n) is 4.61. The molecule has 15 heavy (non-hydrogen) atoms. The molecule has 0 aliphatic rings. The summed E-state index contributed by atoms with van der Waals surface area (Å²) in [6.45, 7) is -0.0689. The van der Waals surface area contributed by atoms with Crippen molar-refractivity contribution in [2.24, 2.45) is 0 Å². The average molecular weight is 203 g/mol. The molecule has 0 radical (unpaired) electrons. The Labute approximate surface area is 87.0 Å². The van der Waals surface area contributed by atoms with E-state index < -0.39 is 0 Å². The lowest BCUT2D eigenvalue weighted by atomic mass is 10.0. The number of pyridine rings is 1. The van der Waals surface area contributed by atoms with E-state index in [1.54, 1.807) is 30.6 Å². The van der Waals surface area contributed by atoms with Crippen molar-refractivity contribution < 1.29 is 9.50 Å². The minimum Gasteiger partial charge on any atom is -0.392 e. The maximum atomic E-state index is 12.7. The van der Waals surface area contributed by atoms with E-state index >= 15 is 0 Å². The van der Waals surface area contributed by atoms with E-state index in [9.17, 15) is 4.39 Å². The maximum Gasteiger partial charge on any atom is 0.123 e. The Bertz CT molecular complexity index is 453. The molecule has 0 saturated carbocycles. The highest BCUT2D eigenvalue weighted by atomic mass is 19.1. The van der Waals surface area contributed by atoms with Crippen LogP contribution in [0.3, 0.4) is 0 Å². The zero-order valence-electron chi connectivity index (χ0n) is 8.02. The van der Waals surface area contributed by atoms with Crippen molar-refractivity contribution in [3.8, 4) is 11.1 Å². The molecule has 0 aliphatic carbocycles. The third-order valence-corrected chi connectivity index (χ3v) is 2.23. The van der Waals surface area contributed by atoms with Gasteiger partial charge in [0.25, 0.3) is 0 Å². The lowest BCUT2D eigenvalue weighted by Gasteiger charge is -2.06. The molecule has 2 rings (SSSR count). The van der Waals surface area contributed by atoms with Gasteiger partial charge in [-0.25, -0.2) is 4.39 Å². The van der Waals surface area contributed by atoms with E-state index in [0.717, 1.165) is 16.7 Å². The van der Waals surface area contributed by atoms with Gasteiger partial charge >= 0.3 is 0 Å². The molecule has 1 N–H and O–H groups in total. The summed E-state index contributed by atoms with van der Waals surface area (Å²) in [5.74, 6) is -0.265. The first-order valence-corrected chi connectivity index (χ1v) is 4.61. The minimum absolute atomic E-state index is 0.0689. The summed E-state index contributed by atoms with van der Waals surface area (Å²) < 4.78 is 12.7. The van der Waals surface area contributed by atoms with Gasteiger partial charge in [0.1, 0.15) is 5.82 Å². The molecule has 0 unspecified atom stereocenters. The molecule has 0 bridgehead atoms. The first-order chi connectivity index (χ1) is 7.31. The van der Waals surface area contributed by atoms with Gasteiger partial charge in [-0.1, -0.05) is 12.1 Å². The molecule has 0 saturated heterocycles. The van der Waals surface area contributed by atoms with Crippen molar-refractivity contribution in [1.29, 1.82) is 0 Å². The van der Waals surface area contributed by atoms with Crippen LogP contribution in [-0.2, 0) is 6.61 Å². The lowest BCUT2D eigenvalue weighted by molar-refractivity contribution is 0.282. The van der Waals surface area contributed by atoms with Crippen LogP contribution >= 0.6 is 0 Å². The first kappa shape index (κ1) is 9.80. The molecule has 1 aromatic carbocycles. The number of benzene rings is 1. The van der Waals surface area contributed by atoms with Gasteiger partial charge in [-0.05, 0) is 29.3 Å². The largest absolute Gasteiger partial charge is 0.392 e. The highest BCUT2D eigenvalue weighted by Crippen LogP contribution is 2.22. The van der Waals surface area contributed by atoms with Gasteiger partial charge in [-0.3, -0.25) is 4.98 Å². The van der Waals surface area contributed by atoms with Crippen molar-refractivity contribution >= 4 is 0 Å². The predicted molar refractivity (Wildman–Crippen MR) is 55.6 cm³/mol. The van der Waals surface area contributed by atoms with Crippen molar-refractivity contribution in [3.05, 3.63) is 54.1 Å². The van der Waals surface area contributed by atoms with E-state index in [2.05, 4.69) is 4.98 Å². The molecule has 2 aromatic rings. The monoisotopic (exact) mass is 203 g/mol. The number of aliphatic hydroxyl groups is 1. The van der Waals surface area contributed by atoms with Gasteiger partial charge in [0.05, 0.1) is 6.61 Å². The molecule has 0 amide bonds. The van der Waals surface area contributed by atoms with Crippen LogP contribution in [0.4, 0.5) is 4.39 Å². The van der Waals surface area contributed by atoms with E-state index in [0.29, 0.717) is 0 Å². The number of halogens is 1. The summed E-state index contributed by atoms with van der Waals surface area (Å²) in [5.41, 5.74) is 2.50. The molecule has 0 fully saturated rings. The summed E-state index contributed by atoms with van der Waals surface area (Å²) >= 11 is 0. The number of hydrogen-bond acceptors (Lipinski definition) is 2. The van der Waals surface area contributed by atoms with Gasteiger partial charge in [0.15, 0.2) is 0 Å². The van der Waals surface area contributed by atoms with Gasteiger partial charge in [-0.2, -0.15) is 0 Å². The second-order valence-electron chi connectivity index (χ2n) is 3.20. The molecule has 0 spiro atoms. The summed E-state index contributed by atoms with van der Waals surface area (Å²) in [7, 11) is 0. The number of hydrogen-bond donors (Lipinski definition) is 1. The van der Waals surface area contributed by atoms with Crippen molar-refractivity contribution in [2.45, 2.75) is 6.61 Å². The summed E-state index contributed by atoms with van der Waals surface area (Å²) in [5, 5.41) is 9.12. The van der Waals surface area contributed by atoms with E-state index in [-0.39, 0.29) is 12.4 Å². The SMILES string of the molecule is OCc1cnccc1-c1ccc(F)cc1. The number of nitrogens with zero attached hydrogens (tertiary/aromatic N) is 1. The Morgan fingerprint density at radius 2 is 1.87 bits per heavy atom. The number of aliphatic hydroxyl groups excluding tert-OH is 1. The highest BCUT2D eigenvalue weighted by molar-refractivity contribution is 5.66. The van der Waals surface area contributed by atoms with Gasteiger partial charge in [-0.15, -0.1) is 0 Å². The van der Waals surface area contributed by atoms with E-state index in [4.69, 9.17) is 5.11 Å². The summed E-state index contributed by atoms with van der Waals surface area (Å²) in [6, 6.07) is 7.97. The zero-order chi connectivity index (χ0) is 10.7. The standard InChI is InChI=1S/C12H10FNO/c13-11-3-1-9(2-4-11)12-5-6-14-7-10(12)8-15/h1-7,15H,8H2. The molecule has 0 atom stereocenters. The van der Waals surface area contributed by atoms with Crippen LogP contribution in [0.5, 0.6) is 0 Å². The van der Waals surface area contributed by atoms with Crippen molar-refractivity contribution in [1.82, 2.24) is 4.98 Å². The predicted octanol–water partition coefficient (Wildman–Crippen LogP) is 2.38. The summed E-state index contributed by atoms with van der Waals surface area (Å²) in [6.07, 6.45) is 3.26. The molecule has 1 heterocycles. The Morgan fingerprint density at radius 3 is 2.53 bits per heavy atom. The highest BCUT2D eigenvalue weighted by Gasteiger charge is 2.03. The fourth-order valence-corrected chi connectivity index (χ4v) is 1.46. The fourth-order valence-electron chi connectivity index (χ4n) is 1.46. The quantitative estimate of drug-likeness (QED) is 0.812. The zero-order valence-corrected chi connectivity index (χ0v) is 8.02. The van der Waals surface area contributed by atoms with Crippen molar-refractivity contribution in [2.75, 3.05) is 0 Å². The third-order valence-electron chi connectivity index (χ3n) is 2.23. The molecule has 3 heteroatoms. The Kier molecular flexibility index (Phi) is 2.74. The maximum absolute atomic E-state index is 12.7. The number of aromatic nitrogens is 1. The fraction of sp³-hybridized carbons (Fsp3) is 0.0833. The third kappa shape index (κ3) is 2.02. The second-order valence-corrected chi connectivity index (χ2v) is 3.20. The van der Waals surface area contributed by atoms with Gasteiger partial charge in [0.2, 0.25) is 0 Å². The molecular weight excluding hydrogens is 193 g/mol. The molecular formula is C12H10FNO. The Hall–Kier alpha value is -1.74. The van der Waals surface area contributed by atoms with Crippen LogP contribution in [-0.4, -0.2) is 10.1 Å². The van der Waals surface area contributed by atoms with Crippen LogP contribution in [0.15, 0.2) is 42.7 Å². The van der Waals surface area contributed by atoms with Crippen LogP contribution < -0.4 is 0 Å². The smallest absolute Gasteiger partial charge is 0.123 e. The molecule has 2 nitrogen and oxygen atoms in total. The Morgan fingerprint density at radius 1 is 1.13 bits per heavy atom. The normalized spacial score (nSPS) is 10.3. The Balaban J connectivity index is 2.49. The molecule has 0 aliphatic heterocycles. The van der Waals surface area contributed by atoms with E-state index in [1.807, 2.05) is 0 Å². The van der Waals surface area contributed by atoms with Crippen molar-refractivity contribution in [3.63, 3.8) is 0 Å². The molecule has 76 valence electrons. The summed E-state index contributed by atoms with van der Waals surface area (Å²) in [4.78, 5) is 3.93. The topological polar surface area (TPSA) is 33.1 Å². The van der Waals surface area contributed by atoms with Gasteiger partial charge in [0, 0.05) is 18.0 Å². The number of rotatable bonds is 2. The second kappa shape index (κ2) is 4.19. The van der Waals surface area contributed by atoms with Crippen LogP contribution in [0, 0.1) is 5.82 Å². The van der Waals surface area contributed by atoms with Crippen LogP contribution in [0.2, 0.25) is 0 Å². The van der Waals surface area contributed by atoms with Crippen LogP contribution in [0.25, 0.3) is 11.1 Å².